The zero-order valence-corrected chi connectivity index (χ0v) is 20.5. The monoisotopic (exact) mass is 402 g/mol. The summed E-state index contributed by atoms with van der Waals surface area (Å²) in [7, 11) is 1.91. The van der Waals surface area contributed by atoms with Crippen molar-refractivity contribution in [3.63, 3.8) is 0 Å². The predicted molar refractivity (Wildman–Crippen MR) is 126 cm³/mol. The zero-order chi connectivity index (χ0) is 21.0. The van der Waals surface area contributed by atoms with Gasteiger partial charge in [0.25, 0.3) is 0 Å². The summed E-state index contributed by atoms with van der Waals surface area (Å²) in [5, 5.41) is 0. The lowest BCUT2D eigenvalue weighted by atomic mass is 9.54. The standard InChI is InChI=1S/C28H50O/c1-20(2)9-7-10-21(3)23-11-8-12-27-26(22(4)13-14-23)16-15-24-19-25(29-6)17-18-28(24,27)5/h15,20-23,25-27H,7-14,16-19H2,1-6H3. The quantitative estimate of drug-likeness (QED) is 0.405. The van der Waals surface area contributed by atoms with E-state index in [4.69, 9.17) is 4.74 Å². The fraction of sp³-hybridized carbons (Fsp3) is 0.929. The Balaban J connectivity index is 1.66. The Bertz CT molecular complexity index is 534. The molecule has 0 radical (unpaired) electrons. The van der Waals surface area contributed by atoms with E-state index in [1.807, 2.05) is 7.11 Å². The molecule has 0 aromatic rings. The van der Waals surface area contributed by atoms with Crippen LogP contribution in [0.25, 0.3) is 0 Å². The highest BCUT2D eigenvalue weighted by Gasteiger charge is 2.47. The van der Waals surface area contributed by atoms with E-state index < -0.39 is 0 Å². The Morgan fingerprint density at radius 2 is 1.86 bits per heavy atom. The molecule has 0 heterocycles. The lowest BCUT2D eigenvalue weighted by molar-refractivity contribution is 0.0123. The first kappa shape index (κ1) is 23.4. The molecule has 2 saturated carbocycles. The molecule has 29 heavy (non-hydrogen) atoms. The lowest BCUT2D eigenvalue weighted by Crippen LogP contribution is -2.44. The van der Waals surface area contributed by atoms with Crippen LogP contribution in [0.3, 0.4) is 0 Å². The van der Waals surface area contributed by atoms with E-state index in [2.05, 4.69) is 40.7 Å². The van der Waals surface area contributed by atoms with Gasteiger partial charge in [-0.2, -0.15) is 0 Å². The summed E-state index contributed by atoms with van der Waals surface area (Å²) < 4.78 is 5.75. The molecule has 0 aromatic carbocycles. The van der Waals surface area contributed by atoms with Gasteiger partial charge in [0.1, 0.15) is 0 Å². The van der Waals surface area contributed by atoms with Gasteiger partial charge in [0.15, 0.2) is 0 Å². The third-order valence-electron chi connectivity index (χ3n) is 9.53. The first-order valence-electron chi connectivity index (χ1n) is 13.1. The maximum Gasteiger partial charge on any atom is 0.0608 e. The maximum atomic E-state index is 5.75. The molecule has 3 aliphatic rings. The largest absolute Gasteiger partial charge is 0.381 e. The molecule has 0 aromatic heterocycles. The molecule has 168 valence electrons. The molecule has 0 spiro atoms. The normalized spacial score (nSPS) is 39.6. The van der Waals surface area contributed by atoms with Gasteiger partial charge in [0.2, 0.25) is 0 Å². The average Bonchev–Trinajstić information content (AvgIpc) is 2.77. The van der Waals surface area contributed by atoms with Crippen molar-refractivity contribution in [2.45, 2.75) is 118 Å². The number of allylic oxidation sites excluding steroid dienone is 1. The van der Waals surface area contributed by atoms with Crippen LogP contribution in [0.1, 0.15) is 112 Å². The van der Waals surface area contributed by atoms with E-state index >= 15 is 0 Å². The molecule has 0 N–H and O–H groups in total. The Labute approximate surface area is 182 Å². The molecule has 0 amide bonds. The van der Waals surface area contributed by atoms with Crippen LogP contribution in [-0.2, 0) is 4.74 Å². The number of ether oxygens (including phenoxy) is 1. The van der Waals surface area contributed by atoms with Gasteiger partial charge in [-0.15, -0.1) is 0 Å². The van der Waals surface area contributed by atoms with E-state index in [-0.39, 0.29) is 0 Å². The van der Waals surface area contributed by atoms with E-state index in [0.29, 0.717) is 11.5 Å². The first-order valence-corrected chi connectivity index (χ1v) is 13.1. The molecule has 3 rings (SSSR count). The van der Waals surface area contributed by atoms with Crippen molar-refractivity contribution in [1.82, 2.24) is 0 Å². The third kappa shape index (κ3) is 5.50. The topological polar surface area (TPSA) is 9.23 Å². The van der Waals surface area contributed by atoms with Crippen molar-refractivity contribution in [1.29, 1.82) is 0 Å². The Kier molecular flexibility index (Phi) is 8.33. The summed E-state index contributed by atoms with van der Waals surface area (Å²) in [6, 6.07) is 0. The van der Waals surface area contributed by atoms with Crippen molar-refractivity contribution in [2.75, 3.05) is 7.11 Å². The second-order valence-corrected chi connectivity index (χ2v) is 11.8. The Morgan fingerprint density at radius 3 is 2.59 bits per heavy atom. The molecule has 2 fully saturated rings. The van der Waals surface area contributed by atoms with E-state index in [1.54, 1.807) is 5.57 Å². The Morgan fingerprint density at radius 1 is 1.07 bits per heavy atom. The second-order valence-electron chi connectivity index (χ2n) is 11.8. The molecular weight excluding hydrogens is 352 g/mol. The molecule has 0 bridgehead atoms. The molecular formula is C28H50O. The highest BCUT2D eigenvalue weighted by atomic mass is 16.5. The van der Waals surface area contributed by atoms with Gasteiger partial charge >= 0.3 is 0 Å². The van der Waals surface area contributed by atoms with Gasteiger partial charge in [-0.1, -0.05) is 84.8 Å². The van der Waals surface area contributed by atoms with Crippen molar-refractivity contribution in [3.05, 3.63) is 11.6 Å². The molecule has 0 aliphatic heterocycles. The van der Waals surface area contributed by atoms with Crippen molar-refractivity contribution >= 4 is 0 Å². The van der Waals surface area contributed by atoms with Gasteiger partial charge in [-0.3, -0.25) is 0 Å². The lowest BCUT2D eigenvalue weighted by Gasteiger charge is -2.52. The summed E-state index contributed by atoms with van der Waals surface area (Å²) in [6.45, 7) is 12.5. The van der Waals surface area contributed by atoms with Crippen LogP contribution in [0, 0.1) is 40.9 Å². The van der Waals surface area contributed by atoms with E-state index in [1.165, 1.54) is 77.0 Å². The van der Waals surface area contributed by atoms with Crippen LogP contribution in [0.2, 0.25) is 0 Å². The number of fused-ring (bicyclic) bond motifs is 3. The zero-order valence-electron chi connectivity index (χ0n) is 20.5. The first-order chi connectivity index (χ1) is 13.8. The van der Waals surface area contributed by atoms with Crippen molar-refractivity contribution in [3.8, 4) is 0 Å². The number of hydrogen-bond acceptors (Lipinski definition) is 1. The third-order valence-corrected chi connectivity index (χ3v) is 9.53. The van der Waals surface area contributed by atoms with Gasteiger partial charge in [0, 0.05) is 7.11 Å². The maximum absolute atomic E-state index is 5.75. The van der Waals surface area contributed by atoms with Gasteiger partial charge in [-0.25, -0.2) is 0 Å². The van der Waals surface area contributed by atoms with Crippen molar-refractivity contribution < 1.29 is 4.74 Å². The minimum atomic E-state index is 0.453. The molecule has 0 saturated heterocycles. The van der Waals surface area contributed by atoms with Crippen LogP contribution < -0.4 is 0 Å². The summed E-state index contributed by atoms with van der Waals surface area (Å²) in [5.74, 6) is 5.46. The molecule has 7 unspecified atom stereocenters. The fourth-order valence-electron chi connectivity index (χ4n) is 7.31. The molecule has 1 nitrogen and oxygen atoms in total. The summed E-state index contributed by atoms with van der Waals surface area (Å²) in [6.07, 6.45) is 19.9. The van der Waals surface area contributed by atoms with Crippen LogP contribution in [0.4, 0.5) is 0 Å². The summed E-state index contributed by atoms with van der Waals surface area (Å²) in [5.41, 5.74) is 2.21. The highest BCUT2D eigenvalue weighted by molar-refractivity contribution is 5.23. The van der Waals surface area contributed by atoms with Gasteiger partial charge < -0.3 is 4.74 Å². The second kappa shape index (κ2) is 10.3. The van der Waals surface area contributed by atoms with Crippen LogP contribution >= 0.6 is 0 Å². The van der Waals surface area contributed by atoms with Crippen molar-refractivity contribution in [2.24, 2.45) is 40.9 Å². The molecule has 1 heteroatoms. The molecule has 7 atom stereocenters. The smallest absolute Gasteiger partial charge is 0.0608 e. The number of rotatable bonds is 6. The number of methoxy groups -OCH3 is 1. The van der Waals surface area contributed by atoms with Crippen LogP contribution in [0.15, 0.2) is 11.6 Å². The van der Waals surface area contributed by atoms with Gasteiger partial charge in [0.05, 0.1) is 6.10 Å². The Hall–Kier alpha value is -0.300. The SMILES string of the molecule is COC1CCC2(C)C(=CCC3C(C)CCC(C(C)CCCC(C)C)CCCC32)C1. The predicted octanol–water partition coefficient (Wildman–Crippen LogP) is 8.43. The minimum absolute atomic E-state index is 0.453. The van der Waals surface area contributed by atoms with Crippen LogP contribution in [-0.4, -0.2) is 13.2 Å². The highest BCUT2D eigenvalue weighted by Crippen LogP contribution is 2.57. The number of hydrogen-bond donors (Lipinski definition) is 0. The summed E-state index contributed by atoms with van der Waals surface area (Å²) >= 11 is 0. The van der Waals surface area contributed by atoms with Crippen LogP contribution in [0.5, 0.6) is 0 Å². The van der Waals surface area contributed by atoms with E-state index in [0.717, 1.165) is 35.5 Å². The minimum Gasteiger partial charge on any atom is -0.381 e. The van der Waals surface area contributed by atoms with Gasteiger partial charge in [-0.05, 0) is 79.4 Å². The average molecular weight is 403 g/mol. The molecule has 3 aliphatic carbocycles. The fourth-order valence-corrected chi connectivity index (χ4v) is 7.31. The summed E-state index contributed by atoms with van der Waals surface area (Å²) in [4.78, 5) is 0. The van der Waals surface area contributed by atoms with E-state index in [9.17, 15) is 0 Å².